The van der Waals surface area contributed by atoms with E-state index in [2.05, 4.69) is 20.3 Å². The smallest absolute Gasteiger partial charge is 0.268 e. The maximum Gasteiger partial charge on any atom is 0.268 e. The van der Waals surface area contributed by atoms with Gasteiger partial charge in [0.05, 0.1) is 5.69 Å². The zero-order chi connectivity index (χ0) is 20.1. The molecule has 0 aliphatic carbocycles. The molecule has 8 nitrogen and oxygen atoms in total. The van der Waals surface area contributed by atoms with Gasteiger partial charge < -0.3 is 13.9 Å². The van der Waals surface area contributed by atoms with Crippen molar-refractivity contribution in [1.29, 1.82) is 0 Å². The average molecular weight is 401 g/mol. The van der Waals surface area contributed by atoms with Crippen LogP contribution < -0.4 is 9.47 Å². The van der Waals surface area contributed by atoms with E-state index in [1.165, 1.54) is 12.1 Å². The molecule has 5 aromatic rings. The van der Waals surface area contributed by atoms with Gasteiger partial charge in [0.15, 0.2) is 22.8 Å². The van der Waals surface area contributed by atoms with Crippen LogP contribution >= 0.6 is 0 Å². The number of nitrogens with zero attached hydrogens (tertiary/aromatic N) is 5. The molecule has 0 spiro atoms. The second-order valence-electron chi connectivity index (χ2n) is 6.62. The lowest BCUT2D eigenvalue weighted by Gasteiger charge is -2.03. The van der Waals surface area contributed by atoms with Gasteiger partial charge in [-0.2, -0.15) is 5.10 Å². The Balaban J connectivity index is 1.39. The number of fused-ring (bicyclic) bond motifs is 2. The van der Waals surface area contributed by atoms with Gasteiger partial charge in [-0.1, -0.05) is 0 Å². The Morgan fingerprint density at radius 2 is 1.63 bits per heavy atom. The van der Waals surface area contributed by atoms with Gasteiger partial charge >= 0.3 is 0 Å². The van der Waals surface area contributed by atoms with Gasteiger partial charge in [-0.05, 0) is 48.5 Å². The van der Waals surface area contributed by atoms with Crippen LogP contribution in [0.15, 0.2) is 65.2 Å². The van der Waals surface area contributed by atoms with Gasteiger partial charge in [0.2, 0.25) is 12.7 Å². The Labute approximate surface area is 168 Å². The van der Waals surface area contributed by atoms with Crippen LogP contribution in [0.1, 0.15) is 0 Å². The number of hydrogen-bond acceptors (Lipinski definition) is 7. The summed E-state index contributed by atoms with van der Waals surface area (Å²) in [4.78, 5) is 4.34. The van der Waals surface area contributed by atoms with Crippen LogP contribution in [-0.4, -0.2) is 31.6 Å². The Kier molecular flexibility index (Phi) is 3.54. The second kappa shape index (κ2) is 6.38. The molecule has 146 valence electrons. The minimum atomic E-state index is -0.299. The van der Waals surface area contributed by atoms with E-state index in [9.17, 15) is 4.39 Å². The van der Waals surface area contributed by atoms with Crippen molar-refractivity contribution in [1.82, 2.24) is 24.8 Å². The van der Waals surface area contributed by atoms with Crippen LogP contribution in [-0.2, 0) is 0 Å². The Morgan fingerprint density at radius 1 is 0.833 bits per heavy atom. The molecule has 3 aromatic heterocycles. The number of hydrogen-bond donors (Lipinski definition) is 0. The zero-order valence-electron chi connectivity index (χ0n) is 15.3. The van der Waals surface area contributed by atoms with Gasteiger partial charge in [0, 0.05) is 23.4 Å². The fraction of sp³-hybridized carbons (Fsp3) is 0.0476. The van der Waals surface area contributed by atoms with E-state index in [-0.39, 0.29) is 18.5 Å². The molecule has 1 aliphatic rings. The largest absolute Gasteiger partial charge is 0.454 e. The molecule has 4 heterocycles. The molecular formula is C21H12FN5O3. The summed E-state index contributed by atoms with van der Waals surface area (Å²) in [7, 11) is 0. The van der Waals surface area contributed by atoms with Crippen LogP contribution in [0.25, 0.3) is 39.9 Å². The van der Waals surface area contributed by atoms with Gasteiger partial charge in [0.25, 0.3) is 5.89 Å². The highest BCUT2D eigenvalue weighted by Gasteiger charge is 2.19. The Bertz CT molecular complexity index is 1390. The molecule has 0 unspecified atom stereocenters. The van der Waals surface area contributed by atoms with Crippen LogP contribution in [0.4, 0.5) is 4.39 Å². The summed E-state index contributed by atoms with van der Waals surface area (Å²) in [5.41, 5.74) is 3.38. The summed E-state index contributed by atoms with van der Waals surface area (Å²) in [6.45, 7) is 0.193. The maximum absolute atomic E-state index is 13.3. The molecule has 0 atom stereocenters. The quantitative estimate of drug-likeness (QED) is 0.452. The summed E-state index contributed by atoms with van der Waals surface area (Å²) in [6.07, 6.45) is 1.67. The van der Waals surface area contributed by atoms with Gasteiger partial charge in [-0.3, -0.25) is 0 Å². The van der Waals surface area contributed by atoms with E-state index >= 15 is 0 Å². The lowest BCUT2D eigenvalue weighted by molar-refractivity contribution is 0.174. The molecule has 30 heavy (non-hydrogen) atoms. The predicted molar refractivity (Wildman–Crippen MR) is 103 cm³/mol. The molecule has 1 aliphatic heterocycles. The van der Waals surface area contributed by atoms with Crippen molar-refractivity contribution >= 4 is 5.65 Å². The van der Waals surface area contributed by atoms with Crippen molar-refractivity contribution in [3.63, 3.8) is 0 Å². The summed E-state index contributed by atoms with van der Waals surface area (Å²) < 4.78 is 31.5. The molecule has 2 aromatic carbocycles. The first-order valence-corrected chi connectivity index (χ1v) is 9.09. The van der Waals surface area contributed by atoms with E-state index in [4.69, 9.17) is 13.9 Å². The monoisotopic (exact) mass is 401 g/mol. The van der Waals surface area contributed by atoms with Crippen molar-refractivity contribution in [2.75, 3.05) is 6.79 Å². The number of rotatable bonds is 3. The van der Waals surface area contributed by atoms with E-state index in [1.807, 2.05) is 12.1 Å². The van der Waals surface area contributed by atoms with Crippen molar-refractivity contribution in [3.05, 3.63) is 66.6 Å². The number of aromatic nitrogens is 5. The fourth-order valence-corrected chi connectivity index (χ4v) is 3.31. The van der Waals surface area contributed by atoms with Crippen molar-refractivity contribution < 1.29 is 18.3 Å². The summed E-state index contributed by atoms with van der Waals surface area (Å²) >= 11 is 0. The highest BCUT2D eigenvalue weighted by molar-refractivity contribution is 5.66. The van der Waals surface area contributed by atoms with Crippen LogP contribution in [0.2, 0.25) is 0 Å². The molecule has 0 fully saturated rings. The van der Waals surface area contributed by atoms with Gasteiger partial charge in [0.1, 0.15) is 5.82 Å². The van der Waals surface area contributed by atoms with Gasteiger partial charge in [-0.15, -0.1) is 10.2 Å². The molecule has 9 heteroatoms. The molecule has 0 bridgehead atoms. The Hall–Kier alpha value is -4.27. The average Bonchev–Trinajstić information content (AvgIpc) is 3.51. The third-order valence-electron chi connectivity index (χ3n) is 4.76. The molecule has 0 N–H and O–H groups in total. The van der Waals surface area contributed by atoms with Gasteiger partial charge in [-0.25, -0.2) is 13.9 Å². The van der Waals surface area contributed by atoms with E-state index in [1.54, 1.807) is 41.0 Å². The number of ether oxygens (including phenoxy) is 2. The minimum absolute atomic E-state index is 0.193. The maximum atomic E-state index is 13.3. The van der Waals surface area contributed by atoms with E-state index in [0.717, 1.165) is 11.3 Å². The first-order valence-electron chi connectivity index (χ1n) is 9.09. The normalized spacial score (nSPS) is 12.6. The van der Waals surface area contributed by atoms with Crippen molar-refractivity contribution in [2.45, 2.75) is 0 Å². The topological polar surface area (TPSA) is 87.6 Å². The number of halogens is 1. The minimum Gasteiger partial charge on any atom is -0.454 e. The third kappa shape index (κ3) is 2.67. The van der Waals surface area contributed by atoms with Crippen LogP contribution in [0, 0.1) is 5.82 Å². The first kappa shape index (κ1) is 16.7. The molecular weight excluding hydrogens is 389 g/mol. The van der Waals surface area contributed by atoms with E-state index in [0.29, 0.717) is 34.3 Å². The molecule has 0 amide bonds. The lowest BCUT2D eigenvalue weighted by Crippen LogP contribution is -1.95. The standard InChI is InChI=1S/C21H12FN5O3/c22-14-4-1-12(2-5-14)16-7-8-23-19-10-15(26-27(16)19)21-25-24-20(30-21)13-3-6-17-18(9-13)29-11-28-17/h1-10H,11H2. The predicted octanol–water partition coefficient (Wildman–Crippen LogP) is 3.98. The Morgan fingerprint density at radius 3 is 2.53 bits per heavy atom. The first-order chi connectivity index (χ1) is 14.7. The fourth-order valence-electron chi connectivity index (χ4n) is 3.31. The SMILES string of the molecule is Fc1ccc(-c2ccnc3cc(-c4nnc(-c5ccc6c(c5)OCO6)o4)nn23)cc1. The lowest BCUT2D eigenvalue weighted by atomic mass is 10.1. The summed E-state index contributed by atoms with van der Waals surface area (Å²) in [5.74, 6) is 1.61. The molecule has 0 saturated heterocycles. The summed E-state index contributed by atoms with van der Waals surface area (Å²) in [6, 6.07) is 15.2. The van der Waals surface area contributed by atoms with Crippen molar-refractivity contribution in [2.24, 2.45) is 0 Å². The third-order valence-corrected chi connectivity index (χ3v) is 4.76. The molecule has 0 saturated carbocycles. The second-order valence-corrected chi connectivity index (χ2v) is 6.62. The highest BCUT2D eigenvalue weighted by Crippen LogP contribution is 2.36. The van der Waals surface area contributed by atoms with E-state index < -0.39 is 0 Å². The van der Waals surface area contributed by atoms with Crippen LogP contribution in [0.5, 0.6) is 11.5 Å². The highest BCUT2D eigenvalue weighted by atomic mass is 19.1. The molecule has 0 radical (unpaired) electrons. The number of benzene rings is 2. The zero-order valence-corrected chi connectivity index (χ0v) is 15.3. The summed E-state index contributed by atoms with van der Waals surface area (Å²) in [5, 5.41) is 12.8. The van der Waals surface area contributed by atoms with Crippen molar-refractivity contribution in [3.8, 4) is 45.8 Å². The molecule has 6 rings (SSSR count). The van der Waals surface area contributed by atoms with Crippen LogP contribution in [0.3, 0.4) is 0 Å².